The van der Waals surface area contributed by atoms with Crippen molar-refractivity contribution < 1.29 is 9.13 Å². The fourth-order valence-corrected chi connectivity index (χ4v) is 1.79. The monoisotopic (exact) mass is 290 g/mol. The Balaban J connectivity index is 2.50. The van der Waals surface area contributed by atoms with Gasteiger partial charge in [0, 0.05) is 6.54 Å². The number of nitrogens with one attached hydrogen (secondary N) is 1. The Morgan fingerprint density at radius 3 is 2.67 bits per heavy atom. The van der Waals surface area contributed by atoms with E-state index in [0.29, 0.717) is 18.1 Å². The number of anilines is 1. The minimum absolute atomic E-state index is 0.0721. The second-order valence-corrected chi connectivity index (χ2v) is 4.95. The molecule has 0 aliphatic rings. The van der Waals surface area contributed by atoms with Crippen LogP contribution in [0.25, 0.3) is 11.4 Å². The molecule has 0 unspecified atom stereocenters. The molecule has 112 valence electrons. The number of nitrogens with zero attached hydrogens (tertiary/aromatic N) is 3. The van der Waals surface area contributed by atoms with E-state index in [9.17, 15) is 4.39 Å². The third kappa shape index (κ3) is 3.87. The van der Waals surface area contributed by atoms with Crippen molar-refractivity contribution in [3.8, 4) is 17.4 Å². The van der Waals surface area contributed by atoms with Gasteiger partial charge in [0.25, 0.3) is 0 Å². The minimum atomic E-state index is -0.371. The first kappa shape index (κ1) is 15.2. The molecule has 1 aromatic carbocycles. The number of aryl methyl sites for hydroxylation is 1. The summed E-state index contributed by atoms with van der Waals surface area (Å²) in [6.45, 7) is 8.23. The first-order valence-electron chi connectivity index (χ1n) is 6.92. The van der Waals surface area contributed by atoms with E-state index >= 15 is 0 Å². The molecular weight excluding hydrogens is 271 g/mol. The van der Waals surface area contributed by atoms with Gasteiger partial charge in [-0.05, 0) is 39.8 Å². The summed E-state index contributed by atoms with van der Waals surface area (Å²) in [5.41, 5.74) is 1.27. The molecule has 0 aliphatic carbocycles. The molecule has 2 aromatic rings. The van der Waals surface area contributed by atoms with Crippen LogP contribution in [0.4, 0.5) is 10.3 Å². The quantitative estimate of drug-likeness (QED) is 0.916. The number of benzene rings is 1. The maximum Gasteiger partial charge on any atom is 0.322 e. The lowest BCUT2D eigenvalue weighted by Gasteiger charge is -2.11. The predicted octanol–water partition coefficient (Wildman–Crippen LogP) is 3.21. The van der Waals surface area contributed by atoms with E-state index in [0.717, 1.165) is 5.56 Å². The third-order valence-corrected chi connectivity index (χ3v) is 2.65. The first-order chi connectivity index (χ1) is 9.99. The van der Waals surface area contributed by atoms with Crippen LogP contribution in [0.3, 0.4) is 0 Å². The molecule has 0 fully saturated rings. The number of halogens is 1. The molecule has 1 heterocycles. The molecule has 0 spiro atoms. The largest absolute Gasteiger partial charge is 0.461 e. The maximum absolute atomic E-state index is 14.0. The van der Waals surface area contributed by atoms with Crippen LogP contribution in [-0.2, 0) is 0 Å². The van der Waals surface area contributed by atoms with E-state index in [1.807, 2.05) is 27.7 Å². The molecule has 0 saturated carbocycles. The van der Waals surface area contributed by atoms with Gasteiger partial charge in [0.2, 0.25) is 5.95 Å². The zero-order valence-electron chi connectivity index (χ0n) is 12.6. The van der Waals surface area contributed by atoms with Gasteiger partial charge in [0.15, 0.2) is 5.82 Å². The molecule has 0 atom stereocenters. The van der Waals surface area contributed by atoms with Crippen molar-refractivity contribution in [2.24, 2.45) is 0 Å². The lowest BCUT2D eigenvalue weighted by atomic mass is 10.1. The highest BCUT2D eigenvalue weighted by atomic mass is 19.1. The van der Waals surface area contributed by atoms with Crippen molar-refractivity contribution in [1.82, 2.24) is 15.0 Å². The summed E-state index contributed by atoms with van der Waals surface area (Å²) in [6, 6.07) is 5.01. The van der Waals surface area contributed by atoms with Crippen LogP contribution in [0, 0.1) is 12.7 Å². The van der Waals surface area contributed by atoms with E-state index in [1.165, 1.54) is 6.07 Å². The SMILES string of the molecule is CCNc1nc(OC(C)C)nc(-c2cc(C)ccc2F)n1. The Morgan fingerprint density at radius 2 is 2.00 bits per heavy atom. The average Bonchev–Trinajstić information content (AvgIpc) is 2.41. The van der Waals surface area contributed by atoms with Crippen LogP contribution < -0.4 is 10.1 Å². The van der Waals surface area contributed by atoms with Crippen molar-refractivity contribution in [3.05, 3.63) is 29.6 Å². The molecule has 5 nitrogen and oxygen atoms in total. The average molecular weight is 290 g/mol. The van der Waals surface area contributed by atoms with Gasteiger partial charge < -0.3 is 10.1 Å². The Morgan fingerprint density at radius 1 is 1.24 bits per heavy atom. The second-order valence-electron chi connectivity index (χ2n) is 4.95. The van der Waals surface area contributed by atoms with Gasteiger partial charge in [-0.2, -0.15) is 15.0 Å². The van der Waals surface area contributed by atoms with Crippen LogP contribution in [0.1, 0.15) is 26.3 Å². The summed E-state index contributed by atoms with van der Waals surface area (Å²) in [5, 5.41) is 3.00. The van der Waals surface area contributed by atoms with E-state index < -0.39 is 0 Å². The number of rotatable bonds is 5. The van der Waals surface area contributed by atoms with Crippen LogP contribution >= 0.6 is 0 Å². The van der Waals surface area contributed by atoms with Gasteiger partial charge in [-0.3, -0.25) is 0 Å². The summed E-state index contributed by atoms with van der Waals surface area (Å²) >= 11 is 0. The molecule has 0 bridgehead atoms. The highest BCUT2D eigenvalue weighted by molar-refractivity contribution is 5.58. The highest BCUT2D eigenvalue weighted by Crippen LogP contribution is 2.23. The minimum Gasteiger partial charge on any atom is -0.461 e. The molecule has 0 saturated heterocycles. The molecule has 1 aromatic heterocycles. The normalized spacial score (nSPS) is 10.8. The maximum atomic E-state index is 14.0. The zero-order valence-corrected chi connectivity index (χ0v) is 12.6. The first-order valence-corrected chi connectivity index (χ1v) is 6.92. The zero-order chi connectivity index (χ0) is 15.4. The lowest BCUT2D eigenvalue weighted by molar-refractivity contribution is 0.222. The lowest BCUT2D eigenvalue weighted by Crippen LogP contribution is -2.12. The molecule has 0 amide bonds. The second kappa shape index (κ2) is 6.47. The number of hydrogen-bond donors (Lipinski definition) is 1. The summed E-state index contributed by atoms with van der Waals surface area (Å²) in [6.07, 6.45) is -0.0721. The van der Waals surface area contributed by atoms with Crippen LogP contribution in [0.2, 0.25) is 0 Å². The predicted molar refractivity (Wildman–Crippen MR) is 79.9 cm³/mol. The van der Waals surface area contributed by atoms with Crippen LogP contribution in [0.15, 0.2) is 18.2 Å². The van der Waals surface area contributed by atoms with Crippen molar-refractivity contribution in [1.29, 1.82) is 0 Å². The molecule has 1 N–H and O–H groups in total. The third-order valence-electron chi connectivity index (χ3n) is 2.65. The topological polar surface area (TPSA) is 59.9 Å². The smallest absolute Gasteiger partial charge is 0.322 e. The highest BCUT2D eigenvalue weighted by Gasteiger charge is 2.14. The Hall–Kier alpha value is -2.24. The molecule has 21 heavy (non-hydrogen) atoms. The Kier molecular flexibility index (Phi) is 4.67. The van der Waals surface area contributed by atoms with Gasteiger partial charge in [-0.15, -0.1) is 0 Å². The number of ether oxygens (including phenoxy) is 1. The van der Waals surface area contributed by atoms with E-state index in [-0.39, 0.29) is 23.8 Å². The summed E-state index contributed by atoms with van der Waals surface area (Å²) in [7, 11) is 0. The molecule has 2 rings (SSSR count). The fraction of sp³-hybridized carbons (Fsp3) is 0.400. The molecule has 0 radical (unpaired) electrons. The van der Waals surface area contributed by atoms with Crippen molar-refractivity contribution in [2.75, 3.05) is 11.9 Å². The van der Waals surface area contributed by atoms with Gasteiger partial charge in [0.05, 0.1) is 11.7 Å². The van der Waals surface area contributed by atoms with Crippen LogP contribution in [-0.4, -0.2) is 27.6 Å². The van der Waals surface area contributed by atoms with Gasteiger partial charge in [-0.25, -0.2) is 4.39 Å². The van der Waals surface area contributed by atoms with Gasteiger partial charge in [-0.1, -0.05) is 11.6 Å². The van der Waals surface area contributed by atoms with Crippen molar-refractivity contribution >= 4 is 5.95 Å². The summed E-state index contributed by atoms with van der Waals surface area (Å²) < 4.78 is 19.5. The van der Waals surface area contributed by atoms with Gasteiger partial charge >= 0.3 is 6.01 Å². The summed E-state index contributed by atoms with van der Waals surface area (Å²) in [4.78, 5) is 12.6. The molecular formula is C15H19FN4O. The van der Waals surface area contributed by atoms with Gasteiger partial charge in [0.1, 0.15) is 5.82 Å². The Bertz CT molecular complexity index is 631. The van der Waals surface area contributed by atoms with Crippen molar-refractivity contribution in [2.45, 2.75) is 33.8 Å². The fourth-order valence-electron chi connectivity index (χ4n) is 1.79. The molecule has 0 aliphatic heterocycles. The standard InChI is InChI=1S/C15H19FN4O/c1-5-17-14-18-13(19-15(20-14)21-9(2)3)11-8-10(4)6-7-12(11)16/h6-9H,5H2,1-4H3,(H,17,18,19,20). The van der Waals surface area contributed by atoms with Crippen molar-refractivity contribution in [3.63, 3.8) is 0 Å². The van der Waals surface area contributed by atoms with Crippen LogP contribution in [0.5, 0.6) is 6.01 Å². The number of aromatic nitrogens is 3. The number of hydrogen-bond acceptors (Lipinski definition) is 5. The molecule has 6 heteroatoms. The van der Waals surface area contributed by atoms with E-state index in [2.05, 4.69) is 20.3 Å². The van der Waals surface area contributed by atoms with E-state index in [1.54, 1.807) is 12.1 Å². The Labute approximate surface area is 123 Å². The summed E-state index contributed by atoms with van der Waals surface area (Å²) in [5.74, 6) is 0.265. The van der Waals surface area contributed by atoms with E-state index in [4.69, 9.17) is 4.74 Å².